The molecule has 0 spiro atoms. The highest BCUT2D eigenvalue weighted by Crippen LogP contribution is 2.29. The maximum atomic E-state index is 10.6. The molecule has 0 aromatic heterocycles. The van der Waals surface area contributed by atoms with Gasteiger partial charge in [-0.2, -0.15) is 0 Å². The van der Waals surface area contributed by atoms with Gasteiger partial charge in [0.2, 0.25) is 0 Å². The van der Waals surface area contributed by atoms with Crippen LogP contribution in [0.2, 0.25) is 0 Å². The molecular formula is C8H15NO3. The second kappa shape index (κ2) is 3.87. The fraction of sp³-hybridized carbons (Fsp3) is 0.875. The van der Waals surface area contributed by atoms with Gasteiger partial charge >= 0.3 is 5.97 Å². The minimum Gasteiger partial charge on any atom is -0.480 e. The Morgan fingerprint density at radius 2 is 2.33 bits per heavy atom. The second-order valence-electron chi connectivity index (χ2n) is 3.23. The van der Waals surface area contributed by atoms with Crippen LogP contribution in [0.3, 0.4) is 0 Å². The number of methoxy groups -OCH3 is 1. The summed E-state index contributed by atoms with van der Waals surface area (Å²) in [5, 5.41) is 8.68. The van der Waals surface area contributed by atoms with E-state index in [0.29, 0.717) is 0 Å². The van der Waals surface area contributed by atoms with Crippen LogP contribution < -0.4 is 5.73 Å². The van der Waals surface area contributed by atoms with Gasteiger partial charge in [-0.3, -0.25) is 4.79 Å². The minimum absolute atomic E-state index is 0.00694. The van der Waals surface area contributed by atoms with Crippen LogP contribution >= 0.6 is 0 Å². The smallest absolute Gasteiger partial charge is 0.320 e. The SMILES string of the molecule is COC1CCCC1[C@H](N)C(=O)O. The predicted octanol–water partition coefficient (Wildman–Crippen LogP) is 0.213. The van der Waals surface area contributed by atoms with Crippen LogP contribution in [-0.2, 0) is 9.53 Å². The van der Waals surface area contributed by atoms with Crippen LogP contribution in [0.25, 0.3) is 0 Å². The first-order chi connectivity index (χ1) is 5.66. The molecule has 0 aromatic carbocycles. The van der Waals surface area contributed by atoms with Crippen molar-refractivity contribution < 1.29 is 14.6 Å². The van der Waals surface area contributed by atoms with Gasteiger partial charge in [0, 0.05) is 13.0 Å². The third-order valence-corrected chi connectivity index (χ3v) is 2.55. The van der Waals surface area contributed by atoms with E-state index in [9.17, 15) is 4.79 Å². The van der Waals surface area contributed by atoms with Gasteiger partial charge in [-0.25, -0.2) is 0 Å². The van der Waals surface area contributed by atoms with Crippen LogP contribution in [0, 0.1) is 5.92 Å². The lowest BCUT2D eigenvalue weighted by Gasteiger charge is -2.21. The monoisotopic (exact) mass is 173 g/mol. The number of rotatable bonds is 3. The molecule has 2 unspecified atom stereocenters. The molecule has 12 heavy (non-hydrogen) atoms. The topological polar surface area (TPSA) is 72.5 Å². The molecule has 4 nitrogen and oxygen atoms in total. The second-order valence-corrected chi connectivity index (χ2v) is 3.23. The Morgan fingerprint density at radius 3 is 2.83 bits per heavy atom. The molecule has 1 saturated carbocycles. The molecule has 3 N–H and O–H groups in total. The first-order valence-electron chi connectivity index (χ1n) is 4.18. The molecule has 4 heteroatoms. The van der Waals surface area contributed by atoms with E-state index in [1.54, 1.807) is 7.11 Å². The van der Waals surface area contributed by atoms with Crippen molar-refractivity contribution in [3.05, 3.63) is 0 Å². The summed E-state index contributed by atoms with van der Waals surface area (Å²) >= 11 is 0. The van der Waals surface area contributed by atoms with E-state index in [4.69, 9.17) is 15.6 Å². The average Bonchev–Trinajstić information content (AvgIpc) is 2.49. The largest absolute Gasteiger partial charge is 0.480 e. The lowest BCUT2D eigenvalue weighted by molar-refractivity contribution is -0.141. The summed E-state index contributed by atoms with van der Waals surface area (Å²) in [6.45, 7) is 0. The van der Waals surface area contributed by atoms with Crippen molar-refractivity contribution in [1.82, 2.24) is 0 Å². The molecule has 0 aromatic rings. The van der Waals surface area contributed by atoms with Gasteiger partial charge in [0.05, 0.1) is 6.10 Å². The lowest BCUT2D eigenvalue weighted by atomic mass is 9.97. The normalized spacial score (nSPS) is 31.8. The molecule has 70 valence electrons. The molecule has 0 amide bonds. The standard InChI is InChI=1S/C8H15NO3/c1-12-6-4-2-3-5(6)7(9)8(10)11/h5-7H,2-4,9H2,1H3,(H,10,11)/t5?,6?,7-/m0/s1. The molecule has 0 aliphatic heterocycles. The van der Waals surface area contributed by atoms with E-state index >= 15 is 0 Å². The summed E-state index contributed by atoms with van der Waals surface area (Å²) < 4.78 is 5.15. The number of carbonyl (C=O) groups is 1. The Hall–Kier alpha value is -0.610. The zero-order chi connectivity index (χ0) is 9.14. The predicted molar refractivity (Wildman–Crippen MR) is 43.7 cm³/mol. The fourth-order valence-corrected chi connectivity index (χ4v) is 1.84. The highest BCUT2D eigenvalue weighted by Gasteiger charge is 2.35. The number of hydrogen-bond donors (Lipinski definition) is 2. The summed E-state index contributed by atoms with van der Waals surface area (Å²) in [6, 6.07) is -0.766. The van der Waals surface area contributed by atoms with Crippen molar-refractivity contribution in [3.8, 4) is 0 Å². The number of nitrogens with two attached hydrogens (primary N) is 1. The average molecular weight is 173 g/mol. The minimum atomic E-state index is -0.927. The number of hydrogen-bond acceptors (Lipinski definition) is 3. The van der Waals surface area contributed by atoms with Crippen molar-refractivity contribution in [2.45, 2.75) is 31.4 Å². The van der Waals surface area contributed by atoms with Crippen LogP contribution in [-0.4, -0.2) is 30.3 Å². The Morgan fingerprint density at radius 1 is 1.67 bits per heavy atom. The van der Waals surface area contributed by atoms with E-state index in [-0.39, 0.29) is 12.0 Å². The van der Waals surface area contributed by atoms with Crippen LogP contribution in [0.4, 0.5) is 0 Å². The van der Waals surface area contributed by atoms with Gasteiger partial charge in [0.25, 0.3) is 0 Å². The van der Waals surface area contributed by atoms with Gasteiger partial charge < -0.3 is 15.6 Å². The van der Waals surface area contributed by atoms with E-state index in [0.717, 1.165) is 19.3 Å². The Kier molecular flexibility index (Phi) is 3.05. The van der Waals surface area contributed by atoms with E-state index in [2.05, 4.69) is 0 Å². The van der Waals surface area contributed by atoms with Crippen molar-refractivity contribution in [1.29, 1.82) is 0 Å². The number of carboxylic acids is 1. The molecule has 0 radical (unpaired) electrons. The van der Waals surface area contributed by atoms with Crippen molar-refractivity contribution >= 4 is 5.97 Å². The zero-order valence-electron chi connectivity index (χ0n) is 7.19. The highest BCUT2D eigenvalue weighted by atomic mass is 16.5. The van der Waals surface area contributed by atoms with Gasteiger partial charge in [0.1, 0.15) is 6.04 Å². The number of aliphatic carboxylic acids is 1. The maximum Gasteiger partial charge on any atom is 0.320 e. The molecular weight excluding hydrogens is 158 g/mol. The summed E-state index contributed by atoms with van der Waals surface area (Å²) in [6.07, 6.45) is 2.86. The van der Waals surface area contributed by atoms with Gasteiger partial charge in [0.15, 0.2) is 0 Å². The molecule has 1 aliphatic carbocycles. The van der Waals surface area contributed by atoms with Crippen LogP contribution in [0.5, 0.6) is 0 Å². The summed E-state index contributed by atoms with van der Waals surface area (Å²) in [7, 11) is 1.61. The zero-order valence-corrected chi connectivity index (χ0v) is 7.19. The van der Waals surface area contributed by atoms with Crippen molar-refractivity contribution in [3.63, 3.8) is 0 Å². The summed E-state index contributed by atoms with van der Waals surface area (Å²) in [5.74, 6) is -0.934. The third-order valence-electron chi connectivity index (χ3n) is 2.55. The van der Waals surface area contributed by atoms with Gasteiger partial charge in [-0.1, -0.05) is 6.42 Å². The number of ether oxygens (including phenoxy) is 1. The quantitative estimate of drug-likeness (QED) is 0.640. The highest BCUT2D eigenvalue weighted by molar-refractivity contribution is 5.73. The van der Waals surface area contributed by atoms with Gasteiger partial charge in [-0.05, 0) is 12.8 Å². The van der Waals surface area contributed by atoms with Crippen LogP contribution in [0.1, 0.15) is 19.3 Å². The number of carboxylic acid groups (broad SMARTS) is 1. The molecule has 1 rings (SSSR count). The van der Waals surface area contributed by atoms with E-state index < -0.39 is 12.0 Å². The molecule has 0 bridgehead atoms. The van der Waals surface area contributed by atoms with E-state index in [1.807, 2.05) is 0 Å². The third kappa shape index (κ3) is 1.76. The Labute approximate surface area is 71.7 Å². The lowest BCUT2D eigenvalue weighted by Crippen LogP contribution is -2.41. The fourth-order valence-electron chi connectivity index (χ4n) is 1.84. The molecule has 1 fully saturated rings. The molecule has 3 atom stereocenters. The maximum absolute atomic E-state index is 10.6. The van der Waals surface area contributed by atoms with Gasteiger partial charge in [-0.15, -0.1) is 0 Å². The summed E-state index contributed by atoms with van der Waals surface area (Å²) in [5.41, 5.74) is 5.51. The molecule has 0 heterocycles. The first-order valence-corrected chi connectivity index (χ1v) is 4.18. The molecule has 1 aliphatic rings. The Bertz CT molecular complexity index is 172. The first kappa shape index (κ1) is 9.48. The van der Waals surface area contributed by atoms with Crippen molar-refractivity contribution in [2.75, 3.05) is 7.11 Å². The van der Waals surface area contributed by atoms with Crippen molar-refractivity contribution in [2.24, 2.45) is 11.7 Å². The summed E-state index contributed by atoms with van der Waals surface area (Å²) in [4.78, 5) is 10.6. The molecule has 0 saturated heterocycles. The van der Waals surface area contributed by atoms with Crippen LogP contribution in [0.15, 0.2) is 0 Å². The van der Waals surface area contributed by atoms with E-state index in [1.165, 1.54) is 0 Å². The Balaban J connectivity index is 2.55.